The van der Waals surface area contributed by atoms with E-state index >= 15 is 0 Å². The van der Waals surface area contributed by atoms with Crippen molar-refractivity contribution in [1.82, 2.24) is 10.3 Å². The monoisotopic (exact) mass is 319 g/mol. The Morgan fingerprint density at radius 3 is 2.61 bits per heavy atom. The molecule has 0 radical (unpaired) electrons. The molecule has 1 amide bonds. The minimum atomic E-state index is -0.896. The summed E-state index contributed by atoms with van der Waals surface area (Å²) in [5, 5.41) is 2.94. The molecule has 126 valence electrons. The van der Waals surface area contributed by atoms with Crippen molar-refractivity contribution in [3.63, 3.8) is 0 Å². The summed E-state index contributed by atoms with van der Waals surface area (Å²) in [6.07, 6.45) is 5.77. The van der Waals surface area contributed by atoms with E-state index in [4.69, 9.17) is 4.74 Å². The Morgan fingerprint density at radius 2 is 2.00 bits per heavy atom. The highest BCUT2D eigenvalue weighted by atomic mass is 16.5. The van der Waals surface area contributed by atoms with E-state index < -0.39 is 5.54 Å². The summed E-state index contributed by atoms with van der Waals surface area (Å²) in [6.45, 7) is 2.10. The third-order valence-corrected chi connectivity index (χ3v) is 4.19. The second kappa shape index (κ2) is 7.44. The van der Waals surface area contributed by atoms with E-state index in [0.717, 1.165) is 19.3 Å². The van der Waals surface area contributed by atoms with Crippen molar-refractivity contribution in [2.75, 3.05) is 25.6 Å². The van der Waals surface area contributed by atoms with Crippen LogP contribution in [0, 0.1) is 0 Å². The molecule has 0 aromatic carbocycles. The van der Waals surface area contributed by atoms with Crippen LogP contribution in [0.1, 0.15) is 49.4 Å². The molecule has 1 fully saturated rings. The van der Waals surface area contributed by atoms with Gasteiger partial charge < -0.3 is 15.0 Å². The Morgan fingerprint density at radius 1 is 1.30 bits per heavy atom. The lowest BCUT2D eigenvalue weighted by molar-refractivity contribution is -0.152. The second-order valence-electron chi connectivity index (χ2n) is 6.11. The molecule has 6 heteroatoms. The molecular formula is C17H25N3O3. The Bertz CT molecular complexity index is 566. The molecule has 0 atom stereocenters. The van der Waals surface area contributed by atoms with Gasteiger partial charge >= 0.3 is 5.97 Å². The van der Waals surface area contributed by atoms with Gasteiger partial charge in [-0.1, -0.05) is 19.3 Å². The molecule has 1 aromatic heterocycles. The third kappa shape index (κ3) is 4.00. The molecule has 0 spiro atoms. The summed E-state index contributed by atoms with van der Waals surface area (Å²) in [5.74, 6) is 0.117. The Balaban J connectivity index is 2.20. The normalized spacial score (nSPS) is 16.5. The van der Waals surface area contributed by atoms with Crippen LogP contribution in [0.4, 0.5) is 5.82 Å². The molecule has 1 aliphatic rings. The number of carbonyl (C=O) groups is 2. The van der Waals surface area contributed by atoms with E-state index in [9.17, 15) is 9.59 Å². The molecule has 1 aliphatic carbocycles. The van der Waals surface area contributed by atoms with Gasteiger partial charge in [-0.05, 0) is 31.9 Å². The number of hydrogen-bond donors (Lipinski definition) is 1. The average molecular weight is 319 g/mol. The molecule has 0 aliphatic heterocycles. The lowest BCUT2D eigenvalue weighted by atomic mass is 9.81. The molecule has 23 heavy (non-hydrogen) atoms. The number of carbonyl (C=O) groups excluding carboxylic acids is 2. The zero-order valence-corrected chi connectivity index (χ0v) is 14.1. The van der Waals surface area contributed by atoms with Gasteiger partial charge in [-0.2, -0.15) is 0 Å². The number of esters is 1. The van der Waals surface area contributed by atoms with Gasteiger partial charge in [0.15, 0.2) is 0 Å². The van der Waals surface area contributed by atoms with Gasteiger partial charge in [-0.25, -0.2) is 9.78 Å². The van der Waals surface area contributed by atoms with Crippen LogP contribution in [0.25, 0.3) is 0 Å². The zero-order chi connectivity index (χ0) is 16.9. The number of amides is 1. The van der Waals surface area contributed by atoms with Gasteiger partial charge in [0.2, 0.25) is 0 Å². The predicted molar refractivity (Wildman–Crippen MR) is 88.5 cm³/mol. The summed E-state index contributed by atoms with van der Waals surface area (Å²) in [4.78, 5) is 31.1. The predicted octanol–water partition coefficient (Wildman–Crippen LogP) is 2.14. The van der Waals surface area contributed by atoms with E-state index in [1.807, 2.05) is 19.0 Å². The number of pyridine rings is 1. The number of nitrogens with zero attached hydrogens (tertiary/aromatic N) is 2. The number of ether oxygens (including phenoxy) is 1. The van der Waals surface area contributed by atoms with Crippen molar-refractivity contribution < 1.29 is 14.3 Å². The summed E-state index contributed by atoms with van der Waals surface area (Å²) in [7, 11) is 3.73. The van der Waals surface area contributed by atoms with Crippen LogP contribution in [0.15, 0.2) is 18.3 Å². The van der Waals surface area contributed by atoms with Crippen LogP contribution in [0.5, 0.6) is 0 Å². The fraction of sp³-hybridized carbons (Fsp3) is 0.588. The largest absolute Gasteiger partial charge is 0.464 e. The molecule has 1 heterocycles. The molecule has 0 unspecified atom stereocenters. The van der Waals surface area contributed by atoms with E-state index in [2.05, 4.69) is 10.3 Å². The van der Waals surface area contributed by atoms with Crippen LogP contribution in [-0.4, -0.2) is 43.1 Å². The highest BCUT2D eigenvalue weighted by Crippen LogP contribution is 2.30. The number of aromatic nitrogens is 1. The maximum atomic E-state index is 12.6. The van der Waals surface area contributed by atoms with Gasteiger partial charge in [0, 0.05) is 25.9 Å². The fourth-order valence-corrected chi connectivity index (χ4v) is 2.90. The van der Waals surface area contributed by atoms with Crippen LogP contribution in [0.3, 0.4) is 0 Å². The van der Waals surface area contributed by atoms with E-state index in [1.165, 1.54) is 0 Å². The molecule has 0 bridgehead atoms. The van der Waals surface area contributed by atoms with E-state index in [1.54, 1.807) is 25.3 Å². The van der Waals surface area contributed by atoms with Gasteiger partial charge in [-0.3, -0.25) is 4.79 Å². The van der Waals surface area contributed by atoms with Crippen LogP contribution in [0.2, 0.25) is 0 Å². The first kappa shape index (κ1) is 17.2. The Hall–Kier alpha value is -2.11. The summed E-state index contributed by atoms with van der Waals surface area (Å²) < 4.78 is 5.21. The van der Waals surface area contributed by atoms with Gasteiger partial charge in [-0.15, -0.1) is 0 Å². The number of rotatable bonds is 5. The first-order valence-corrected chi connectivity index (χ1v) is 8.11. The summed E-state index contributed by atoms with van der Waals surface area (Å²) >= 11 is 0. The van der Waals surface area contributed by atoms with Crippen molar-refractivity contribution in [2.45, 2.75) is 44.6 Å². The van der Waals surface area contributed by atoms with Crippen LogP contribution in [-0.2, 0) is 9.53 Å². The van der Waals surface area contributed by atoms with Crippen LogP contribution < -0.4 is 10.2 Å². The molecule has 1 saturated carbocycles. The first-order valence-electron chi connectivity index (χ1n) is 8.11. The quantitative estimate of drug-likeness (QED) is 0.842. The SMILES string of the molecule is CCOC(=O)C1(NC(=O)c2ccnc(N(C)C)c2)CCCCC1. The van der Waals surface area contributed by atoms with E-state index in [-0.39, 0.29) is 11.9 Å². The first-order chi connectivity index (χ1) is 11.0. The fourth-order valence-electron chi connectivity index (χ4n) is 2.90. The number of nitrogens with one attached hydrogen (secondary N) is 1. The van der Waals surface area contributed by atoms with Crippen molar-refractivity contribution in [3.05, 3.63) is 23.9 Å². The summed E-state index contributed by atoms with van der Waals surface area (Å²) in [6, 6.07) is 3.38. The molecule has 6 nitrogen and oxygen atoms in total. The Kier molecular flexibility index (Phi) is 5.58. The minimum Gasteiger partial charge on any atom is -0.464 e. The minimum absolute atomic E-state index is 0.259. The lowest BCUT2D eigenvalue weighted by Gasteiger charge is -2.35. The molecular weight excluding hydrogens is 294 g/mol. The Labute approximate surface area is 137 Å². The number of hydrogen-bond acceptors (Lipinski definition) is 5. The van der Waals surface area contributed by atoms with Gasteiger partial charge in [0.05, 0.1) is 6.61 Å². The third-order valence-electron chi connectivity index (χ3n) is 4.19. The van der Waals surface area contributed by atoms with Crippen molar-refractivity contribution in [1.29, 1.82) is 0 Å². The topological polar surface area (TPSA) is 71.5 Å². The molecule has 1 aromatic rings. The van der Waals surface area contributed by atoms with Gasteiger partial charge in [0.1, 0.15) is 11.4 Å². The standard InChI is InChI=1S/C17H25N3O3/c1-4-23-16(22)17(9-6-5-7-10-17)19-15(21)13-8-11-18-14(12-13)20(2)3/h8,11-12H,4-7,9-10H2,1-3H3,(H,19,21). The van der Waals surface area contributed by atoms with Crippen molar-refractivity contribution in [3.8, 4) is 0 Å². The van der Waals surface area contributed by atoms with Crippen molar-refractivity contribution in [2.24, 2.45) is 0 Å². The lowest BCUT2D eigenvalue weighted by Crippen LogP contribution is -2.56. The molecule has 1 N–H and O–H groups in total. The second-order valence-corrected chi connectivity index (χ2v) is 6.11. The van der Waals surface area contributed by atoms with E-state index in [0.29, 0.717) is 30.8 Å². The van der Waals surface area contributed by atoms with Gasteiger partial charge in [0.25, 0.3) is 5.91 Å². The maximum Gasteiger partial charge on any atom is 0.331 e. The maximum absolute atomic E-state index is 12.6. The molecule has 2 rings (SSSR count). The average Bonchev–Trinajstić information content (AvgIpc) is 2.56. The molecule has 0 saturated heterocycles. The smallest absolute Gasteiger partial charge is 0.331 e. The van der Waals surface area contributed by atoms with Crippen molar-refractivity contribution >= 4 is 17.7 Å². The highest BCUT2D eigenvalue weighted by Gasteiger charge is 2.42. The number of anilines is 1. The summed E-state index contributed by atoms with van der Waals surface area (Å²) in [5.41, 5.74) is -0.398. The van der Waals surface area contributed by atoms with Crippen LogP contribution >= 0.6 is 0 Å². The highest BCUT2D eigenvalue weighted by molar-refractivity contribution is 5.98. The zero-order valence-electron chi connectivity index (χ0n) is 14.1.